The van der Waals surface area contributed by atoms with Crippen molar-refractivity contribution in [3.05, 3.63) is 53.7 Å². The second-order valence-electron chi connectivity index (χ2n) is 4.40. The number of hydrogen-bond donors (Lipinski definition) is 0. The van der Waals surface area contributed by atoms with E-state index in [9.17, 15) is 4.79 Å². The van der Waals surface area contributed by atoms with E-state index in [1.165, 1.54) is 19.5 Å². The number of benzene rings is 1. The molecule has 100 valence electrons. The molecule has 0 aliphatic heterocycles. The smallest absolute Gasteiger partial charge is 0.252 e. The van der Waals surface area contributed by atoms with Gasteiger partial charge in [0.25, 0.3) is 5.78 Å². The molecule has 0 fully saturated rings. The monoisotopic (exact) mass is 268 g/mol. The van der Waals surface area contributed by atoms with Gasteiger partial charge in [-0.25, -0.2) is 9.97 Å². The average Bonchev–Trinajstić information content (AvgIpc) is 2.89. The topological polar surface area (TPSA) is 65.2 Å². The quantitative estimate of drug-likeness (QED) is 0.683. The van der Waals surface area contributed by atoms with Crippen molar-refractivity contribution in [2.75, 3.05) is 7.11 Å². The van der Waals surface area contributed by atoms with Gasteiger partial charge in [-0.1, -0.05) is 11.6 Å². The molecule has 0 spiro atoms. The molecule has 3 aromatic rings. The maximum absolute atomic E-state index is 12.4. The van der Waals surface area contributed by atoms with Crippen LogP contribution in [0, 0.1) is 6.92 Å². The van der Waals surface area contributed by atoms with Crippen molar-refractivity contribution in [1.29, 1.82) is 0 Å². The molecule has 0 saturated heterocycles. The fourth-order valence-electron chi connectivity index (χ4n) is 2.02. The van der Waals surface area contributed by atoms with E-state index in [4.69, 9.17) is 9.15 Å². The van der Waals surface area contributed by atoms with Crippen LogP contribution in [0.25, 0.3) is 11.0 Å². The van der Waals surface area contributed by atoms with Crippen molar-refractivity contribution in [2.24, 2.45) is 0 Å². The Bertz CT molecular complexity index is 793. The number of nitrogens with zero attached hydrogens (tertiary/aromatic N) is 2. The lowest BCUT2D eigenvalue weighted by atomic mass is 10.1. The first-order chi connectivity index (χ1) is 9.69. The van der Waals surface area contributed by atoms with Gasteiger partial charge in [0.2, 0.25) is 5.88 Å². The molecule has 0 aliphatic rings. The summed E-state index contributed by atoms with van der Waals surface area (Å²) in [4.78, 5) is 20.4. The second-order valence-corrected chi connectivity index (χ2v) is 4.40. The molecule has 3 rings (SSSR count). The van der Waals surface area contributed by atoms with Gasteiger partial charge in [-0.15, -0.1) is 0 Å². The molecule has 2 heterocycles. The summed E-state index contributed by atoms with van der Waals surface area (Å²) in [5.41, 5.74) is 1.92. The molecule has 0 amide bonds. The summed E-state index contributed by atoms with van der Waals surface area (Å²) >= 11 is 0. The van der Waals surface area contributed by atoms with Crippen LogP contribution in [0.2, 0.25) is 0 Å². The van der Waals surface area contributed by atoms with Crippen LogP contribution in [0.5, 0.6) is 5.88 Å². The molecule has 0 unspecified atom stereocenters. The number of methoxy groups -OCH3 is 1. The maximum atomic E-state index is 12.4. The Balaban J connectivity index is 2.08. The van der Waals surface area contributed by atoms with E-state index in [0.29, 0.717) is 5.58 Å². The highest BCUT2D eigenvalue weighted by atomic mass is 16.5. The van der Waals surface area contributed by atoms with Gasteiger partial charge in [0.1, 0.15) is 5.58 Å². The highest BCUT2D eigenvalue weighted by Gasteiger charge is 2.20. The minimum absolute atomic E-state index is 0.144. The third-order valence-corrected chi connectivity index (χ3v) is 2.97. The molecule has 5 nitrogen and oxygen atoms in total. The van der Waals surface area contributed by atoms with E-state index < -0.39 is 0 Å². The van der Waals surface area contributed by atoms with E-state index in [1.54, 1.807) is 6.07 Å². The van der Waals surface area contributed by atoms with Gasteiger partial charge in [0, 0.05) is 17.8 Å². The zero-order valence-electron chi connectivity index (χ0n) is 11.1. The Labute approximate surface area is 115 Å². The number of carbonyl (C=O) groups excluding carboxylic acids is 1. The number of aromatic nitrogens is 2. The van der Waals surface area contributed by atoms with Crippen LogP contribution < -0.4 is 4.74 Å². The Hall–Kier alpha value is -2.69. The highest BCUT2D eigenvalue weighted by molar-refractivity contribution is 6.09. The van der Waals surface area contributed by atoms with E-state index in [-0.39, 0.29) is 23.1 Å². The number of ketones is 1. The number of rotatable bonds is 3. The lowest BCUT2D eigenvalue weighted by molar-refractivity contribution is 0.100. The van der Waals surface area contributed by atoms with Crippen molar-refractivity contribution < 1.29 is 13.9 Å². The number of hydrogen-bond acceptors (Lipinski definition) is 5. The molecule has 0 saturated carbocycles. The fourth-order valence-corrected chi connectivity index (χ4v) is 2.02. The molecule has 20 heavy (non-hydrogen) atoms. The van der Waals surface area contributed by atoms with E-state index in [0.717, 1.165) is 10.9 Å². The van der Waals surface area contributed by atoms with Gasteiger partial charge in [-0.05, 0) is 25.1 Å². The molecule has 0 aliphatic carbocycles. The zero-order valence-corrected chi connectivity index (χ0v) is 11.1. The minimum atomic E-state index is -0.344. The minimum Gasteiger partial charge on any atom is -0.479 e. The van der Waals surface area contributed by atoms with Crippen molar-refractivity contribution >= 4 is 16.8 Å². The largest absolute Gasteiger partial charge is 0.479 e. The van der Waals surface area contributed by atoms with E-state index in [1.807, 2.05) is 25.1 Å². The first-order valence-electron chi connectivity index (χ1n) is 6.09. The molecule has 0 atom stereocenters. The summed E-state index contributed by atoms with van der Waals surface area (Å²) in [7, 11) is 1.45. The van der Waals surface area contributed by atoms with Crippen LogP contribution >= 0.6 is 0 Å². The molecule has 0 radical (unpaired) electrons. The van der Waals surface area contributed by atoms with Gasteiger partial charge in [0.05, 0.1) is 7.11 Å². The summed E-state index contributed by atoms with van der Waals surface area (Å²) in [5, 5.41) is 0.885. The van der Waals surface area contributed by atoms with E-state index >= 15 is 0 Å². The van der Waals surface area contributed by atoms with Crippen LogP contribution in [-0.4, -0.2) is 22.9 Å². The molecule has 0 bridgehead atoms. The van der Waals surface area contributed by atoms with Gasteiger partial charge in [0.15, 0.2) is 11.5 Å². The number of aryl methyl sites for hydroxylation is 1. The van der Waals surface area contributed by atoms with Crippen LogP contribution in [0.4, 0.5) is 0 Å². The van der Waals surface area contributed by atoms with Crippen molar-refractivity contribution in [3.63, 3.8) is 0 Å². The summed E-state index contributed by atoms with van der Waals surface area (Å²) in [6, 6.07) is 7.45. The number of furan rings is 1. The Kier molecular flexibility index (Phi) is 2.95. The van der Waals surface area contributed by atoms with Crippen molar-refractivity contribution in [1.82, 2.24) is 9.97 Å². The van der Waals surface area contributed by atoms with Crippen LogP contribution in [-0.2, 0) is 0 Å². The third-order valence-electron chi connectivity index (χ3n) is 2.97. The van der Waals surface area contributed by atoms with Crippen LogP contribution in [0.1, 0.15) is 21.8 Å². The highest BCUT2D eigenvalue weighted by Crippen LogP contribution is 2.24. The summed E-state index contributed by atoms with van der Waals surface area (Å²) in [5.74, 6) is 0.0716. The molecule has 5 heteroatoms. The van der Waals surface area contributed by atoms with E-state index in [2.05, 4.69) is 9.97 Å². The first kappa shape index (κ1) is 12.3. The Morgan fingerprint density at radius 1 is 1.20 bits per heavy atom. The Morgan fingerprint density at radius 2 is 2.00 bits per heavy atom. The van der Waals surface area contributed by atoms with Crippen LogP contribution in [0.15, 0.2) is 41.1 Å². The molecule has 0 N–H and O–H groups in total. The molecular weight excluding hydrogens is 256 g/mol. The average molecular weight is 268 g/mol. The van der Waals surface area contributed by atoms with Crippen LogP contribution in [0.3, 0.4) is 0 Å². The van der Waals surface area contributed by atoms with Crippen molar-refractivity contribution in [3.8, 4) is 5.88 Å². The zero-order chi connectivity index (χ0) is 14.1. The molecular formula is C15H12N2O3. The lowest BCUT2D eigenvalue weighted by Crippen LogP contribution is -2.06. The number of ether oxygens (including phenoxy) is 1. The maximum Gasteiger partial charge on any atom is 0.252 e. The predicted octanol–water partition coefficient (Wildman–Crippen LogP) is 2.77. The molecule has 1 aromatic carbocycles. The summed E-state index contributed by atoms with van der Waals surface area (Å²) < 4.78 is 10.6. The van der Waals surface area contributed by atoms with Crippen molar-refractivity contribution in [2.45, 2.75) is 6.92 Å². The van der Waals surface area contributed by atoms with Gasteiger partial charge in [-0.2, -0.15) is 0 Å². The summed E-state index contributed by atoms with van der Waals surface area (Å²) in [6.45, 7) is 1.99. The number of fused-ring (bicyclic) bond motifs is 1. The van der Waals surface area contributed by atoms with Gasteiger partial charge >= 0.3 is 0 Å². The lowest BCUT2D eigenvalue weighted by Gasteiger charge is -2.02. The standard InChI is InChI=1S/C15H12N2O3/c1-9-3-4-11-10(7-9)8-12(20-11)14(18)13-15(19-2)17-6-5-16-13/h3-8H,1-2H3. The second kappa shape index (κ2) is 4.77. The third kappa shape index (κ3) is 2.03. The SMILES string of the molecule is COc1nccnc1C(=O)c1cc2cc(C)ccc2o1. The molecule has 2 aromatic heterocycles. The normalized spacial score (nSPS) is 10.7. The van der Waals surface area contributed by atoms with Gasteiger partial charge < -0.3 is 9.15 Å². The first-order valence-corrected chi connectivity index (χ1v) is 6.09. The number of carbonyl (C=O) groups is 1. The fraction of sp³-hybridized carbons (Fsp3) is 0.133. The van der Waals surface area contributed by atoms with Gasteiger partial charge in [-0.3, -0.25) is 4.79 Å². The predicted molar refractivity (Wildman–Crippen MR) is 73.0 cm³/mol. The summed E-state index contributed by atoms with van der Waals surface area (Å²) in [6.07, 6.45) is 2.92. The Morgan fingerprint density at radius 3 is 2.80 bits per heavy atom.